The van der Waals surface area contributed by atoms with E-state index in [0.29, 0.717) is 11.2 Å². The van der Waals surface area contributed by atoms with Crippen molar-refractivity contribution in [2.45, 2.75) is 70.9 Å². The molecular formula is C20H28N4O2. The molecule has 2 N–H and O–H groups in total. The lowest BCUT2D eigenvalue weighted by atomic mass is 10.1. The topological polar surface area (TPSA) is 75.5 Å². The van der Waals surface area contributed by atoms with E-state index in [4.69, 9.17) is 0 Å². The molecule has 1 aliphatic rings. The average molecular weight is 356 g/mol. The summed E-state index contributed by atoms with van der Waals surface area (Å²) in [4.78, 5) is 29.8. The molecule has 0 saturated heterocycles. The van der Waals surface area contributed by atoms with Crippen LogP contribution in [-0.4, -0.2) is 33.3 Å². The first kappa shape index (κ1) is 18.4. The summed E-state index contributed by atoms with van der Waals surface area (Å²) in [5, 5.41) is 6.05. The summed E-state index contributed by atoms with van der Waals surface area (Å²) in [5.41, 5.74) is 0.955. The van der Waals surface area contributed by atoms with Crippen LogP contribution in [-0.2, 0) is 0 Å². The van der Waals surface area contributed by atoms with Crippen molar-refractivity contribution in [2.75, 3.05) is 0 Å². The van der Waals surface area contributed by atoms with Crippen LogP contribution in [0.3, 0.4) is 0 Å². The zero-order valence-electron chi connectivity index (χ0n) is 15.6. The first-order valence-electron chi connectivity index (χ1n) is 9.69. The van der Waals surface area contributed by atoms with E-state index in [1.165, 1.54) is 12.8 Å². The van der Waals surface area contributed by atoms with Gasteiger partial charge in [0.2, 0.25) is 5.82 Å². The van der Waals surface area contributed by atoms with Crippen LogP contribution < -0.4 is 10.6 Å². The Morgan fingerprint density at radius 2 is 1.92 bits per heavy atom. The van der Waals surface area contributed by atoms with E-state index in [9.17, 15) is 9.59 Å². The predicted octanol–water partition coefficient (Wildman–Crippen LogP) is 3.32. The molecular weight excluding hydrogens is 328 g/mol. The highest BCUT2D eigenvalue weighted by Gasteiger charge is 2.24. The number of rotatable bonds is 5. The minimum atomic E-state index is -0.239. The number of fused-ring (bicyclic) bond motifs is 1. The standard InChI is InChI=1S/C20H28N4O2/c1-3-14(2)21-19(25)17-16-12-8-9-13-24(16)18(23-17)20(26)22-15-10-6-4-5-7-11-15/h8-9,12-15H,3-7,10-11H2,1-2H3,(H,21,25)(H,22,26). The Labute approximate surface area is 154 Å². The van der Waals surface area contributed by atoms with Crippen LogP contribution >= 0.6 is 0 Å². The third-order valence-electron chi connectivity index (χ3n) is 5.15. The molecule has 1 atom stereocenters. The third-order valence-corrected chi connectivity index (χ3v) is 5.15. The van der Waals surface area contributed by atoms with Crippen LogP contribution in [0.25, 0.3) is 5.52 Å². The fourth-order valence-electron chi connectivity index (χ4n) is 3.43. The summed E-state index contributed by atoms with van der Waals surface area (Å²) in [6.45, 7) is 3.97. The molecule has 0 aromatic carbocycles. The molecule has 0 radical (unpaired) electrons. The van der Waals surface area contributed by atoms with Gasteiger partial charge in [-0.2, -0.15) is 0 Å². The Kier molecular flexibility index (Phi) is 5.91. The van der Waals surface area contributed by atoms with Gasteiger partial charge in [-0.05, 0) is 38.3 Å². The van der Waals surface area contributed by atoms with Gasteiger partial charge in [0.05, 0.1) is 5.52 Å². The Balaban J connectivity index is 1.86. The second-order valence-corrected chi connectivity index (χ2v) is 7.18. The van der Waals surface area contributed by atoms with Crippen molar-refractivity contribution >= 4 is 17.3 Å². The second kappa shape index (κ2) is 8.34. The summed E-state index contributed by atoms with van der Waals surface area (Å²) >= 11 is 0. The molecule has 6 nitrogen and oxygen atoms in total. The molecule has 26 heavy (non-hydrogen) atoms. The lowest BCUT2D eigenvalue weighted by Crippen LogP contribution is -2.35. The van der Waals surface area contributed by atoms with E-state index in [0.717, 1.165) is 32.1 Å². The highest BCUT2D eigenvalue weighted by molar-refractivity contribution is 6.02. The summed E-state index contributed by atoms with van der Waals surface area (Å²) in [5.74, 6) is -0.170. The monoisotopic (exact) mass is 356 g/mol. The van der Waals surface area contributed by atoms with Crippen molar-refractivity contribution in [3.8, 4) is 0 Å². The van der Waals surface area contributed by atoms with Crippen LogP contribution in [0.15, 0.2) is 24.4 Å². The van der Waals surface area contributed by atoms with Gasteiger partial charge in [0.25, 0.3) is 11.8 Å². The molecule has 0 bridgehead atoms. The Bertz CT molecular complexity index is 775. The van der Waals surface area contributed by atoms with E-state index < -0.39 is 0 Å². The third kappa shape index (κ3) is 4.06. The van der Waals surface area contributed by atoms with Crippen LogP contribution in [0.1, 0.15) is 79.9 Å². The molecule has 0 spiro atoms. The number of hydrogen-bond donors (Lipinski definition) is 2. The van der Waals surface area contributed by atoms with Gasteiger partial charge in [0.15, 0.2) is 5.69 Å². The number of aromatic nitrogens is 2. The number of carbonyl (C=O) groups excluding carboxylic acids is 2. The molecule has 2 heterocycles. The molecule has 2 amide bonds. The smallest absolute Gasteiger partial charge is 0.287 e. The molecule has 1 unspecified atom stereocenters. The van der Waals surface area contributed by atoms with Crippen LogP contribution in [0.4, 0.5) is 0 Å². The van der Waals surface area contributed by atoms with Crippen LogP contribution in [0.5, 0.6) is 0 Å². The average Bonchev–Trinajstić information content (AvgIpc) is 2.85. The maximum atomic E-state index is 12.8. The minimum absolute atomic E-state index is 0.0613. The highest BCUT2D eigenvalue weighted by Crippen LogP contribution is 2.18. The van der Waals surface area contributed by atoms with Gasteiger partial charge in [-0.15, -0.1) is 0 Å². The van der Waals surface area contributed by atoms with Gasteiger partial charge in [-0.25, -0.2) is 4.98 Å². The van der Waals surface area contributed by atoms with Crippen molar-refractivity contribution in [2.24, 2.45) is 0 Å². The normalized spacial score (nSPS) is 16.8. The van der Waals surface area contributed by atoms with Crippen molar-refractivity contribution in [1.82, 2.24) is 20.0 Å². The molecule has 2 aromatic heterocycles. The number of imidazole rings is 1. The van der Waals surface area contributed by atoms with E-state index >= 15 is 0 Å². The SMILES string of the molecule is CCC(C)NC(=O)c1nc(C(=O)NC2CCCCCC2)n2ccccc12. The van der Waals surface area contributed by atoms with Gasteiger partial charge in [0.1, 0.15) is 0 Å². The molecule has 1 fully saturated rings. The minimum Gasteiger partial charge on any atom is -0.348 e. The van der Waals surface area contributed by atoms with E-state index in [2.05, 4.69) is 15.6 Å². The summed E-state index contributed by atoms with van der Waals surface area (Å²) in [7, 11) is 0. The van der Waals surface area contributed by atoms with Crippen molar-refractivity contribution < 1.29 is 9.59 Å². The van der Waals surface area contributed by atoms with Gasteiger partial charge in [-0.1, -0.05) is 38.7 Å². The van der Waals surface area contributed by atoms with Gasteiger partial charge in [0, 0.05) is 18.3 Å². The first-order chi connectivity index (χ1) is 12.6. The fraction of sp³-hybridized carbons (Fsp3) is 0.550. The zero-order chi connectivity index (χ0) is 18.5. The zero-order valence-corrected chi connectivity index (χ0v) is 15.6. The number of pyridine rings is 1. The summed E-state index contributed by atoms with van der Waals surface area (Å²) < 4.78 is 1.71. The second-order valence-electron chi connectivity index (χ2n) is 7.18. The van der Waals surface area contributed by atoms with E-state index in [-0.39, 0.29) is 29.7 Å². The highest BCUT2D eigenvalue weighted by atomic mass is 16.2. The number of carbonyl (C=O) groups is 2. The largest absolute Gasteiger partial charge is 0.348 e. The maximum Gasteiger partial charge on any atom is 0.287 e. The number of nitrogens with zero attached hydrogens (tertiary/aromatic N) is 2. The van der Waals surface area contributed by atoms with Crippen molar-refractivity contribution in [1.29, 1.82) is 0 Å². The molecule has 1 aliphatic carbocycles. The fourth-order valence-corrected chi connectivity index (χ4v) is 3.43. The Morgan fingerprint density at radius 1 is 1.19 bits per heavy atom. The number of nitrogens with one attached hydrogen (secondary N) is 2. The summed E-state index contributed by atoms with van der Waals surface area (Å²) in [6, 6.07) is 5.77. The van der Waals surface area contributed by atoms with Crippen molar-refractivity contribution in [3.63, 3.8) is 0 Å². The van der Waals surface area contributed by atoms with Crippen LogP contribution in [0.2, 0.25) is 0 Å². The Hall–Kier alpha value is -2.37. The van der Waals surface area contributed by atoms with Gasteiger partial charge in [-0.3, -0.25) is 14.0 Å². The van der Waals surface area contributed by atoms with E-state index in [1.54, 1.807) is 10.6 Å². The lowest BCUT2D eigenvalue weighted by molar-refractivity contribution is 0.0922. The number of hydrogen-bond acceptors (Lipinski definition) is 3. The Morgan fingerprint density at radius 3 is 2.62 bits per heavy atom. The van der Waals surface area contributed by atoms with Gasteiger partial charge < -0.3 is 10.6 Å². The molecule has 6 heteroatoms. The van der Waals surface area contributed by atoms with E-state index in [1.807, 2.05) is 32.0 Å². The van der Waals surface area contributed by atoms with Crippen LogP contribution in [0, 0.1) is 0 Å². The van der Waals surface area contributed by atoms with Crippen molar-refractivity contribution in [3.05, 3.63) is 35.9 Å². The lowest BCUT2D eigenvalue weighted by Gasteiger charge is -2.15. The predicted molar refractivity (Wildman–Crippen MR) is 101 cm³/mol. The van der Waals surface area contributed by atoms with Gasteiger partial charge >= 0.3 is 0 Å². The first-order valence-corrected chi connectivity index (χ1v) is 9.69. The molecule has 140 valence electrons. The quantitative estimate of drug-likeness (QED) is 0.807. The number of amides is 2. The molecule has 0 aliphatic heterocycles. The summed E-state index contributed by atoms with van der Waals surface area (Å²) in [6.07, 6.45) is 9.41. The molecule has 1 saturated carbocycles. The maximum absolute atomic E-state index is 12.8. The molecule has 3 rings (SSSR count). The molecule has 2 aromatic rings.